The van der Waals surface area contributed by atoms with E-state index < -0.39 is 6.29 Å². The highest BCUT2D eigenvalue weighted by Crippen LogP contribution is 2.36. The molecule has 0 spiro atoms. The van der Waals surface area contributed by atoms with Gasteiger partial charge in [-0.15, -0.1) is 0 Å². The average molecular weight is 142 g/mol. The van der Waals surface area contributed by atoms with Crippen LogP contribution in [0.1, 0.15) is 0 Å². The Morgan fingerprint density at radius 1 is 1.60 bits per heavy atom. The summed E-state index contributed by atoms with van der Waals surface area (Å²) >= 11 is 0. The van der Waals surface area contributed by atoms with E-state index in [-0.39, 0.29) is 6.23 Å². The van der Waals surface area contributed by atoms with Crippen molar-refractivity contribution in [3.05, 3.63) is 0 Å². The van der Waals surface area contributed by atoms with Gasteiger partial charge in [0.25, 0.3) is 0 Å². The monoisotopic (exact) mass is 142 g/mol. The second-order valence-corrected chi connectivity index (χ2v) is 3.20. The summed E-state index contributed by atoms with van der Waals surface area (Å²) in [5.74, 6) is 0. The van der Waals surface area contributed by atoms with Crippen molar-refractivity contribution in [1.29, 1.82) is 0 Å². The van der Waals surface area contributed by atoms with Crippen molar-refractivity contribution in [2.45, 2.75) is 24.6 Å². The van der Waals surface area contributed by atoms with Gasteiger partial charge in [0.2, 0.25) is 0 Å². The van der Waals surface area contributed by atoms with Crippen LogP contribution in [0.2, 0.25) is 0 Å². The summed E-state index contributed by atoms with van der Waals surface area (Å²) in [6, 6.07) is 0.801. The fraction of sp³-hybridized carbons (Fsp3) is 1.00. The molecule has 5 atom stereocenters. The minimum Gasteiger partial charge on any atom is -0.366 e. The summed E-state index contributed by atoms with van der Waals surface area (Å²) < 4.78 is 5.27. The Morgan fingerprint density at radius 3 is 2.80 bits per heavy atom. The topological polar surface area (TPSA) is 54.4 Å². The molecule has 0 amide bonds. The Balaban J connectivity index is 1.76. The third kappa shape index (κ3) is 0.594. The van der Waals surface area contributed by atoms with Gasteiger partial charge in [0, 0.05) is 13.1 Å². The van der Waals surface area contributed by atoms with Gasteiger partial charge in [-0.2, -0.15) is 0 Å². The first-order chi connectivity index (χ1) is 4.86. The SMILES string of the molecule is O[C@@H]1O[C@H]([C@@H]2CN2)N2C[C@@H]12. The second-order valence-electron chi connectivity index (χ2n) is 3.20. The standard InChI is InChI=1S/C6H10N2O2/c9-6-4-2-8(4)5(10-6)3-1-7-3/h3-7,9H,1-2H2/t3-,4-,5+,6+,8?/m0/s1. The highest BCUT2D eigenvalue weighted by atomic mass is 16.6. The lowest BCUT2D eigenvalue weighted by molar-refractivity contribution is -0.111. The van der Waals surface area contributed by atoms with E-state index in [9.17, 15) is 5.11 Å². The van der Waals surface area contributed by atoms with Crippen LogP contribution in [0.3, 0.4) is 0 Å². The lowest BCUT2D eigenvalue weighted by Gasteiger charge is -2.11. The van der Waals surface area contributed by atoms with E-state index in [0.717, 1.165) is 13.1 Å². The van der Waals surface area contributed by atoms with Crippen LogP contribution >= 0.6 is 0 Å². The van der Waals surface area contributed by atoms with Gasteiger partial charge in [0.05, 0.1) is 12.1 Å². The Labute approximate surface area is 58.8 Å². The number of fused-ring (bicyclic) bond motifs is 1. The van der Waals surface area contributed by atoms with Gasteiger partial charge in [0.15, 0.2) is 6.29 Å². The summed E-state index contributed by atoms with van der Waals surface area (Å²) in [4.78, 5) is 2.19. The van der Waals surface area contributed by atoms with Crippen LogP contribution in [0, 0.1) is 0 Å². The summed E-state index contributed by atoms with van der Waals surface area (Å²) in [6.07, 6.45) is -0.354. The predicted molar refractivity (Wildman–Crippen MR) is 33.2 cm³/mol. The smallest absolute Gasteiger partial charge is 0.173 e. The van der Waals surface area contributed by atoms with Crippen molar-refractivity contribution in [3.63, 3.8) is 0 Å². The van der Waals surface area contributed by atoms with Crippen LogP contribution in [0.5, 0.6) is 0 Å². The number of nitrogens with zero attached hydrogens (tertiary/aromatic N) is 1. The van der Waals surface area contributed by atoms with Crippen molar-refractivity contribution >= 4 is 0 Å². The highest BCUT2D eigenvalue weighted by Gasteiger charge is 2.57. The molecule has 3 saturated heterocycles. The predicted octanol–water partition coefficient (Wildman–Crippen LogP) is -1.68. The molecular formula is C6H10N2O2. The Hall–Kier alpha value is -0.160. The van der Waals surface area contributed by atoms with E-state index in [1.807, 2.05) is 0 Å². The van der Waals surface area contributed by atoms with E-state index in [1.165, 1.54) is 0 Å². The molecule has 0 radical (unpaired) electrons. The summed E-state index contributed by atoms with van der Waals surface area (Å²) in [5, 5.41) is 12.4. The third-order valence-electron chi connectivity index (χ3n) is 2.41. The van der Waals surface area contributed by atoms with E-state index in [0.29, 0.717) is 12.1 Å². The number of hydrogen-bond acceptors (Lipinski definition) is 4. The van der Waals surface area contributed by atoms with Crippen molar-refractivity contribution in [2.75, 3.05) is 13.1 Å². The number of nitrogens with one attached hydrogen (secondary N) is 1. The van der Waals surface area contributed by atoms with Gasteiger partial charge < -0.3 is 15.2 Å². The minimum absolute atomic E-state index is 0.167. The number of rotatable bonds is 1. The highest BCUT2D eigenvalue weighted by molar-refractivity contribution is 5.06. The molecule has 3 aliphatic heterocycles. The van der Waals surface area contributed by atoms with Crippen LogP contribution in [0.4, 0.5) is 0 Å². The van der Waals surface area contributed by atoms with Crippen LogP contribution in [0.25, 0.3) is 0 Å². The zero-order valence-corrected chi connectivity index (χ0v) is 5.53. The molecule has 0 aliphatic carbocycles. The van der Waals surface area contributed by atoms with Crippen molar-refractivity contribution < 1.29 is 9.84 Å². The van der Waals surface area contributed by atoms with Gasteiger partial charge in [-0.05, 0) is 0 Å². The maximum absolute atomic E-state index is 9.19. The first kappa shape index (κ1) is 5.49. The third-order valence-corrected chi connectivity index (χ3v) is 2.41. The van der Waals surface area contributed by atoms with Crippen LogP contribution in [-0.4, -0.2) is 47.7 Å². The molecule has 56 valence electrons. The fourth-order valence-electron chi connectivity index (χ4n) is 1.62. The van der Waals surface area contributed by atoms with Crippen LogP contribution < -0.4 is 5.32 Å². The molecule has 0 bridgehead atoms. The van der Waals surface area contributed by atoms with Gasteiger partial charge in [-0.1, -0.05) is 0 Å². The van der Waals surface area contributed by atoms with Gasteiger partial charge in [-0.25, -0.2) is 0 Å². The summed E-state index contributed by atoms with van der Waals surface area (Å²) in [7, 11) is 0. The van der Waals surface area contributed by atoms with Gasteiger partial charge in [-0.3, -0.25) is 4.90 Å². The minimum atomic E-state index is -0.521. The molecule has 10 heavy (non-hydrogen) atoms. The lowest BCUT2D eigenvalue weighted by Crippen LogP contribution is -2.27. The maximum Gasteiger partial charge on any atom is 0.173 e. The first-order valence-corrected chi connectivity index (χ1v) is 3.69. The Bertz CT molecular complexity index is 171. The number of ether oxygens (including phenoxy) is 1. The molecule has 4 heteroatoms. The molecule has 0 aromatic heterocycles. The number of hydrogen-bond donors (Lipinski definition) is 2. The van der Waals surface area contributed by atoms with Crippen LogP contribution in [0.15, 0.2) is 0 Å². The van der Waals surface area contributed by atoms with E-state index >= 15 is 0 Å². The second kappa shape index (κ2) is 1.53. The molecule has 1 unspecified atom stereocenters. The van der Waals surface area contributed by atoms with E-state index in [4.69, 9.17) is 4.74 Å². The molecule has 4 nitrogen and oxygen atoms in total. The first-order valence-electron chi connectivity index (χ1n) is 3.69. The molecule has 3 rings (SSSR count). The molecule has 3 fully saturated rings. The molecule has 0 aromatic rings. The fourth-order valence-corrected chi connectivity index (χ4v) is 1.62. The molecule has 2 N–H and O–H groups in total. The van der Waals surface area contributed by atoms with Gasteiger partial charge >= 0.3 is 0 Å². The lowest BCUT2D eigenvalue weighted by atomic mass is 10.4. The van der Waals surface area contributed by atoms with Crippen molar-refractivity contribution in [3.8, 4) is 0 Å². The zero-order chi connectivity index (χ0) is 6.72. The zero-order valence-electron chi connectivity index (χ0n) is 5.53. The van der Waals surface area contributed by atoms with Crippen molar-refractivity contribution in [1.82, 2.24) is 10.2 Å². The van der Waals surface area contributed by atoms with E-state index in [1.54, 1.807) is 0 Å². The number of aliphatic hydroxyl groups excluding tert-OH is 1. The molecule has 3 aliphatic rings. The molecule has 0 aromatic carbocycles. The molecular weight excluding hydrogens is 132 g/mol. The largest absolute Gasteiger partial charge is 0.366 e. The molecule has 0 saturated carbocycles. The quantitative estimate of drug-likeness (QED) is 0.429. The summed E-state index contributed by atoms with van der Waals surface area (Å²) in [5.41, 5.74) is 0. The molecule has 3 heterocycles. The van der Waals surface area contributed by atoms with Gasteiger partial charge in [0.1, 0.15) is 6.23 Å². The Kier molecular flexibility index (Phi) is 0.840. The van der Waals surface area contributed by atoms with Crippen LogP contribution in [-0.2, 0) is 4.74 Å². The Morgan fingerprint density at radius 2 is 2.40 bits per heavy atom. The van der Waals surface area contributed by atoms with E-state index in [2.05, 4.69) is 10.2 Å². The average Bonchev–Trinajstić information content (AvgIpc) is 2.81. The number of aliphatic hydroxyl groups is 1. The normalized spacial score (nSPS) is 63.9. The summed E-state index contributed by atoms with van der Waals surface area (Å²) in [6.45, 7) is 2.06. The van der Waals surface area contributed by atoms with Crippen molar-refractivity contribution in [2.24, 2.45) is 0 Å². The maximum atomic E-state index is 9.19.